The zero-order valence-electron chi connectivity index (χ0n) is 10.2. The molecule has 0 radical (unpaired) electrons. The number of ether oxygens (including phenoxy) is 2. The smallest absolute Gasteiger partial charge is 0.0621 e. The number of hydrogen-bond donors (Lipinski definition) is 0. The fourth-order valence-electron chi connectivity index (χ4n) is 2.12. The van der Waals surface area contributed by atoms with E-state index in [0.29, 0.717) is 6.04 Å². The quantitative estimate of drug-likeness (QED) is 0.606. The van der Waals surface area contributed by atoms with Gasteiger partial charge < -0.3 is 9.47 Å². The first-order valence-electron chi connectivity index (χ1n) is 6.28. The summed E-state index contributed by atoms with van der Waals surface area (Å²) in [7, 11) is 0. The van der Waals surface area contributed by atoms with E-state index < -0.39 is 0 Å². The summed E-state index contributed by atoms with van der Waals surface area (Å²) in [6.07, 6.45) is 3.96. The summed E-state index contributed by atoms with van der Waals surface area (Å²) in [5.74, 6) is 0. The highest BCUT2D eigenvalue weighted by Crippen LogP contribution is 2.16. The van der Waals surface area contributed by atoms with Crippen LogP contribution in [-0.4, -0.2) is 50.5 Å². The molecule has 0 bridgehead atoms. The summed E-state index contributed by atoms with van der Waals surface area (Å²) in [6.45, 7) is 9.79. The van der Waals surface area contributed by atoms with Gasteiger partial charge in [-0.3, -0.25) is 4.90 Å². The van der Waals surface area contributed by atoms with Gasteiger partial charge in [0, 0.05) is 25.8 Å². The molecule has 1 aliphatic heterocycles. The minimum atomic E-state index is 0.624. The van der Waals surface area contributed by atoms with Crippen LogP contribution in [0.3, 0.4) is 0 Å². The van der Waals surface area contributed by atoms with Gasteiger partial charge in [0.1, 0.15) is 0 Å². The number of piperidine rings is 1. The number of rotatable bonds is 7. The summed E-state index contributed by atoms with van der Waals surface area (Å²) in [5.41, 5.74) is 0. The maximum Gasteiger partial charge on any atom is 0.0621 e. The molecule has 3 heteroatoms. The van der Waals surface area contributed by atoms with Crippen molar-refractivity contribution in [3.63, 3.8) is 0 Å². The van der Waals surface area contributed by atoms with Crippen molar-refractivity contribution in [3.05, 3.63) is 0 Å². The monoisotopic (exact) mass is 215 g/mol. The Morgan fingerprint density at radius 1 is 1.13 bits per heavy atom. The van der Waals surface area contributed by atoms with Crippen LogP contribution < -0.4 is 0 Å². The minimum absolute atomic E-state index is 0.624. The lowest BCUT2D eigenvalue weighted by molar-refractivity contribution is 0.0263. The van der Waals surface area contributed by atoms with Gasteiger partial charge in [-0.2, -0.15) is 0 Å². The standard InChI is InChI=1S/C12H25NO2/c1-3-14-10-9-13-8-6-5-7-12(13)11-15-4-2/h12H,3-11H2,1-2H3. The Kier molecular flexibility index (Phi) is 6.98. The molecule has 90 valence electrons. The molecule has 0 aromatic heterocycles. The largest absolute Gasteiger partial charge is 0.380 e. The third-order valence-electron chi connectivity index (χ3n) is 2.99. The van der Waals surface area contributed by atoms with Gasteiger partial charge >= 0.3 is 0 Å². The number of likely N-dealkylation sites (tertiary alicyclic amines) is 1. The second-order valence-corrected chi connectivity index (χ2v) is 4.04. The van der Waals surface area contributed by atoms with Crippen LogP contribution in [0.15, 0.2) is 0 Å². The normalized spacial score (nSPS) is 23.2. The van der Waals surface area contributed by atoms with E-state index in [1.807, 2.05) is 6.92 Å². The molecule has 3 nitrogen and oxygen atoms in total. The highest BCUT2D eigenvalue weighted by molar-refractivity contribution is 4.76. The van der Waals surface area contributed by atoms with Crippen LogP contribution in [0.5, 0.6) is 0 Å². The fraction of sp³-hybridized carbons (Fsp3) is 1.00. The zero-order valence-corrected chi connectivity index (χ0v) is 10.2. The zero-order chi connectivity index (χ0) is 10.9. The number of hydrogen-bond acceptors (Lipinski definition) is 3. The SMILES string of the molecule is CCOCCN1CCCCC1COCC. The van der Waals surface area contributed by atoms with Gasteiger partial charge in [-0.1, -0.05) is 6.42 Å². The Labute approximate surface area is 93.7 Å². The Morgan fingerprint density at radius 3 is 2.67 bits per heavy atom. The Morgan fingerprint density at radius 2 is 1.93 bits per heavy atom. The van der Waals surface area contributed by atoms with E-state index in [4.69, 9.17) is 9.47 Å². The molecule has 1 unspecified atom stereocenters. The molecule has 0 N–H and O–H groups in total. The third kappa shape index (κ3) is 4.96. The average molecular weight is 215 g/mol. The average Bonchev–Trinajstić information content (AvgIpc) is 2.28. The lowest BCUT2D eigenvalue weighted by Gasteiger charge is -2.35. The molecule has 1 fully saturated rings. The van der Waals surface area contributed by atoms with Crippen molar-refractivity contribution >= 4 is 0 Å². The molecule has 1 atom stereocenters. The van der Waals surface area contributed by atoms with E-state index in [1.165, 1.54) is 25.8 Å². The van der Waals surface area contributed by atoms with Crippen molar-refractivity contribution in [3.8, 4) is 0 Å². The van der Waals surface area contributed by atoms with Crippen molar-refractivity contribution in [2.24, 2.45) is 0 Å². The molecule has 15 heavy (non-hydrogen) atoms. The van der Waals surface area contributed by atoms with E-state index in [1.54, 1.807) is 0 Å². The molecular formula is C12H25NO2. The van der Waals surface area contributed by atoms with Crippen LogP contribution in [0.4, 0.5) is 0 Å². The van der Waals surface area contributed by atoms with Crippen molar-refractivity contribution in [1.82, 2.24) is 4.90 Å². The molecule has 0 spiro atoms. The van der Waals surface area contributed by atoms with E-state index in [9.17, 15) is 0 Å². The summed E-state index contributed by atoms with van der Waals surface area (Å²) in [6, 6.07) is 0.624. The summed E-state index contributed by atoms with van der Waals surface area (Å²) in [5, 5.41) is 0. The highest BCUT2D eigenvalue weighted by atomic mass is 16.5. The van der Waals surface area contributed by atoms with Gasteiger partial charge in [0.05, 0.1) is 13.2 Å². The molecule has 1 heterocycles. The molecule has 0 aromatic rings. The van der Waals surface area contributed by atoms with Crippen molar-refractivity contribution < 1.29 is 9.47 Å². The van der Waals surface area contributed by atoms with Crippen molar-refractivity contribution in [2.45, 2.75) is 39.2 Å². The molecule has 1 saturated heterocycles. The first-order chi connectivity index (χ1) is 7.38. The van der Waals surface area contributed by atoms with E-state index >= 15 is 0 Å². The van der Waals surface area contributed by atoms with Crippen LogP contribution in [0.2, 0.25) is 0 Å². The van der Waals surface area contributed by atoms with E-state index in [-0.39, 0.29) is 0 Å². The van der Waals surface area contributed by atoms with Crippen molar-refractivity contribution in [2.75, 3.05) is 39.5 Å². The lowest BCUT2D eigenvalue weighted by atomic mass is 10.0. The first-order valence-corrected chi connectivity index (χ1v) is 6.28. The molecule has 1 aliphatic rings. The maximum atomic E-state index is 5.53. The predicted octanol–water partition coefficient (Wildman–Crippen LogP) is 1.91. The summed E-state index contributed by atoms with van der Waals surface area (Å²) >= 11 is 0. The van der Waals surface area contributed by atoms with Crippen LogP contribution in [-0.2, 0) is 9.47 Å². The van der Waals surface area contributed by atoms with Crippen LogP contribution in [0, 0.1) is 0 Å². The lowest BCUT2D eigenvalue weighted by Crippen LogP contribution is -2.44. The summed E-state index contributed by atoms with van der Waals surface area (Å²) < 4.78 is 10.9. The fourth-order valence-corrected chi connectivity index (χ4v) is 2.12. The van der Waals surface area contributed by atoms with Crippen molar-refractivity contribution in [1.29, 1.82) is 0 Å². The first kappa shape index (κ1) is 12.9. The Balaban J connectivity index is 2.22. The maximum absolute atomic E-state index is 5.53. The number of nitrogens with zero attached hydrogens (tertiary/aromatic N) is 1. The highest BCUT2D eigenvalue weighted by Gasteiger charge is 2.21. The van der Waals surface area contributed by atoms with Gasteiger partial charge in [-0.15, -0.1) is 0 Å². The van der Waals surface area contributed by atoms with Gasteiger partial charge in [0.15, 0.2) is 0 Å². The molecule has 0 saturated carbocycles. The Bertz CT molecular complexity index is 153. The Hall–Kier alpha value is -0.120. The van der Waals surface area contributed by atoms with E-state index in [2.05, 4.69) is 11.8 Å². The second-order valence-electron chi connectivity index (χ2n) is 4.04. The van der Waals surface area contributed by atoms with Gasteiger partial charge in [-0.25, -0.2) is 0 Å². The summed E-state index contributed by atoms with van der Waals surface area (Å²) in [4.78, 5) is 2.52. The predicted molar refractivity (Wildman–Crippen MR) is 62.2 cm³/mol. The molecule has 0 amide bonds. The third-order valence-corrected chi connectivity index (χ3v) is 2.99. The van der Waals surface area contributed by atoms with Crippen LogP contribution >= 0.6 is 0 Å². The molecule has 1 rings (SSSR count). The van der Waals surface area contributed by atoms with Gasteiger partial charge in [-0.05, 0) is 33.2 Å². The van der Waals surface area contributed by atoms with Crippen LogP contribution in [0.1, 0.15) is 33.1 Å². The topological polar surface area (TPSA) is 21.7 Å². The van der Waals surface area contributed by atoms with Gasteiger partial charge in [0.2, 0.25) is 0 Å². The van der Waals surface area contributed by atoms with Gasteiger partial charge in [0.25, 0.3) is 0 Å². The van der Waals surface area contributed by atoms with Crippen LogP contribution in [0.25, 0.3) is 0 Å². The molecule has 0 aromatic carbocycles. The second kappa shape index (κ2) is 8.08. The minimum Gasteiger partial charge on any atom is -0.380 e. The molecular weight excluding hydrogens is 190 g/mol. The molecule has 0 aliphatic carbocycles. The van der Waals surface area contributed by atoms with E-state index in [0.717, 1.165) is 33.0 Å².